The van der Waals surface area contributed by atoms with Crippen LogP contribution in [-0.2, 0) is 17.8 Å². The summed E-state index contributed by atoms with van der Waals surface area (Å²) in [4.78, 5) is 0. The van der Waals surface area contributed by atoms with E-state index in [1.165, 1.54) is 0 Å². The molecule has 0 amide bonds. The molecule has 2 heterocycles. The predicted molar refractivity (Wildman–Crippen MR) is 64.4 cm³/mol. The van der Waals surface area contributed by atoms with Crippen LogP contribution in [0.25, 0.3) is 0 Å². The Labute approximate surface area is 102 Å². The van der Waals surface area contributed by atoms with Crippen LogP contribution in [0.4, 0.5) is 0 Å². The van der Waals surface area contributed by atoms with Crippen molar-refractivity contribution in [3.05, 3.63) is 11.9 Å². The molecule has 0 radical (unpaired) electrons. The molecule has 0 bridgehead atoms. The van der Waals surface area contributed by atoms with Crippen molar-refractivity contribution in [1.82, 2.24) is 20.3 Å². The molecule has 17 heavy (non-hydrogen) atoms. The van der Waals surface area contributed by atoms with E-state index in [-0.39, 0.29) is 5.54 Å². The Bertz CT molecular complexity index is 345. The summed E-state index contributed by atoms with van der Waals surface area (Å²) in [6, 6.07) is 0. The first-order valence-electron chi connectivity index (χ1n) is 6.14. The smallest absolute Gasteiger partial charge is 0.0965 e. The van der Waals surface area contributed by atoms with E-state index in [1.54, 1.807) is 4.68 Å². The van der Waals surface area contributed by atoms with Gasteiger partial charge in [-0.3, -0.25) is 4.68 Å². The largest absolute Gasteiger partial charge is 0.381 e. The average Bonchev–Trinajstić information content (AvgIpc) is 2.76. The first kappa shape index (κ1) is 12.5. The van der Waals surface area contributed by atoms with Crippen LogP contribution < -0.4 is 11.1 Å². The third-order valence-corrected chi connectivity index (χ3v) is 3.24. The second kappa shape index (κ2) is 5.57. The SMILES string of the molecule is CC1(NCc2cn(CCN)nn2)CCOCC1. The molecule has 96 valence electrons. The van der Waals surface area contributed by atoms with Gasteiger partial charge in [0.2, 0.25) is 0 Å². The standard InChI is InChI=1S/C11H21N5O/c1-11(2-6-17-7-3-11)13-8-10-9-16(5-4-12)15-14-10/h9,13H,2-8,12H2,1H3. The van der Waals surface area contributed by atoms with Crippen molar-refractivity contribution in [2.75, 3.05) is 19.8 Å². The maximum Gasteiger partial charge on any atom is 0.0965 e. The summed E-state index contributed by atoms with van der Waals surface area (Å²) in [6.45, 7) is 5.97. The van der Waals surface area contributed by atoms with E-state index in [9.17, 15) is 0 Å². The van der Waals surface area contributed by atoms with Crippen molar-refractivity contribution in [1.29, 1.82) is 0 Å². The summed E-state index contributed by atoms with van der Waals surface area (Å²) in [5.41, 5.74) is 6.59. The van der Waals surface area contributed by atoms with E-state index in [1.807, 2.05) is 6.20 Å². The van der Waals surface area contributed by atoms with Gasteiger partial charge in [0.05, 0.1) is 12.2 Å². The fourth-order valence-electron chi connectivity index (χ4n) is 1.96. The summed E-state index contributed by atoms with van der Waals surface area (Å²) in [6.07, 6.45) is 4.04. The molecule has 2 rings (SSSR count). The molecule has 1 aromatic rings. The van der Waals surface area contributed by atoms with Gasteiger partial charge in [0.1, 0.15) is 0 Å². The van der Waals surface area contributed by atoms with Gasteiger partial charge in [0, 0.05) is 38.0 Å². The third kappa shape index (κ3) is 3.49. The maximum absolute atomic E-state index is 5.46. The Balaban J connectivity index is 1.83. The van der Waals surface area contributed by atoms with Gasteiger partial charge in [0.25, 0.3) is 0 Å². The molecule has 0 atom stereocenters. The van der Waals surface area contributed by atoms with Gasteiger partial charge in [0.15, 0.2) is 0 Å². The number of aromatic nitrogens is 3. The van der Waals surface area contributed by atoms with Gasteiger partial charge in [-0.25, -0.2) is 0 Å². The molecular formula is C11H21N5O. The lowest BCUT2D eigenvalue weighted by Crippen LogP contribution is -2.46. The molecule has 1 aliphatic heterocycles. The van der Waals surface area contributed by atoms with Gasteiger partial charge in [-0.1, -0.05) is 5.21 Å². The normalized spacial score (nSPS) is 19.4. The van der Waals surface area contributed by atoms with E-state index in [2.05, 4.69) is 22.6 Å². The van der Waals surface area contributed by atoms with E-state index in [0.717, 1.165) is 44.8 Å². The minimum atomic E-state index is 0.163. The molecule has 0 unspecified atom stereocenters. The van der Waals surface area contributed by atoms with Crippen molar-refractivity contribution >= 4 is 0 Å². The van der Waals surface area contributed by atoms with Crippen LogP contribution >= 0.6 is 0 Å². The van der Waals surface area contributed by atoms with Gasteiger partial charge in [-0.15, -0.1) is 5.10 Å². The van der Waals surface area contributed by atoms with Crippen LogP contribution in [0.5, 0.6) is 0 Å². The summed E-state index contributed by atoms with van der Waals surface area (Å²) in [5, 5.41) is 11.7. The Morgan fingerprint density at radius 1 is 1.53 bits per heavy atom. The van der Waals surface area contributed by atoms with Crippen molar-refractivity contribution in [3.63, 3.8) is 0 Å². The van der Waals surface area contributed by atoms with Gasteiger partial charge < -0.3 is 15.8 Å². The zero-order valence-electron chi connectivity index (χ0n) is 10.4. The van der Waals surface area contributed by atoms with E-state index in [4.69, 9.17) is 10.5 Å². The molecule has 1 fully saturated rings. The van der Waals surface area contributed by atoms with Gasteiger partial charge in [-0.05, 0) is 19.8 Å². The number of rotatable bonds is 5. The first-order chi connectivity index (χ1) is 8.22. The number of nitrogens with one attached hydrogen (secondary N) is 1. The highest BCUT2D eigenvalue weighted by atomic mass is 16.5. The molecule has 6 nitrogen and oxygen atoms in total. The zero-order valence-corrected chi connectivity index (χ0v) is 10.4. The Hall–Kier alpha value is -0.980. The highest BCUT2D eigenvalue weighted by Gasteiger charge is 2.26. The minimum Gasteiger partial charge on any atom is -0.381 e. The second-order valence-electron chi connectivity index (χ2n) is 4.79. The van der Waals surface area contributed by atoms with Crippen LogP contribution in [0, 0.1) is 0 Å². The summed E-state index contributed by atoms with van der Waals surface area (Å²) < 4.78 is 7.15. The topological polar surface area (TPSA) is 78.0 Å². The van der Waals surface area contributed by atoms with E-state index < -0.39 is 0 Å². The van der Waals surface area contributed by atoms with Crippen molar-refractivity contribution in [3.8, 4) is 0 Å². The van der Waals surface area contributed by atoms with Crippen LogP contribution in [0.15, 0.2) is 6.20 Å². The lowest BCUT2D eigenvalue weighted by atomic mass is 9.92. The molecule has 3 N–H and O–H groups in total. The van der Waals surface area contributed by atoms with E-state index >= 15 is 0 Å². The number of ether oxygens (including phenoxy) is 1. The predicted octanol–water partition coefficient (Wildman–Crippen LogP) is -0.104. The molecule has 6 heteroatoms. The highest BCUT2D eigenvalue weighted by molar-refractivity contribution is 4.95. The molecule has 1 aromatic heterocycles. The van der Waals surface area contributed by atoms with Crippen LogP contribution in [0.1, 0.15) is 25.5 Å². The van der Waals surface area contributed by atoms with Gasteiger partial charge >= 0.3 is 0 Å². The Kier molecular flexibility index (Phi) is 4.09. The summed E-state index contributed by atoms with van der Waals surface area (Å²) >= 11 is 0. The molecular weight excluding hydrogens is 218 g/mol. The van der Waals surface area contributed by atoms with Crippen molar-refractivity contribution in [2.45, 2.75) is 38.4 Å². The van der Waals surface area contributed by atoms with Crippen molar-refractivity contribution in [2.24, 2.45) is 5.73 Å². The van der Waals surface area contributed by atoms with Crippen LogP contribution in [0.3, 0.4) is 0 Å². The second-order valence-corrected chi connectivity index (χ2v) is 4.79. The molecule has 0 spiro atoms. The fourth-order valence-corrected chi connectivity index (χ4v) is 1.96. The number of nitrogens with zero attached hydrogens (tertiary/aromatic N) is 3. The minimum absolute atomic E-state index is 0.163. The van der Waals surface area contributed by atoms with Crippen LogP contribution in [0.2, 0.25) is 0 Å². The quantitative estimate of drug-likeness (QED) is 0.750. The van der Waals surface area contributed by atoms with Gasteiger partial charge in [-0.2, -0.15) is 0 Å². The zero-order chi connectivity index (χ0) is 12.1. The lowest BCUT2D eigenvalue weighted by Gasteiger charge is -2.34. The Morgan fingerprint density at radius 2 is 2.29 bits per heavy atom. The highest BCUT2D eigenvalue weighted by Crippen LogP contribution is 2.19. The Morgan fingerprint density at radius 3 is 3.00 bits per heavy atom. The third-order valence-electron chi connectivity index (χ3n) is 3.24. The molecule has 0 aromatic carbocycles. The summed E-state index contributed by atoms with van der Waals surface area (Å²) in [7, 11) is 0. The monoisotopic (exact) mass is 239 g/mol. The average molecular weight is 239 g/mol. The molecule has 0 aliphatic carbocycles. The fraction of sp³-hybridized carbons (Fsp3) is 0.818. The number of nitrogens with two attached hydrogens (primary N) is 1. The molecule has 1 saturated heterocycles. The summed E-state index contributed by atoms with van der Waals surface area (Å²) in [5.74, 6) is 0. The maximum atomic E-state index is 5.46. The molecule has 1 aliphatic rings. The first-order valence-corrected chi connectivity index (χ1v) is 6.14. The van der Waals surface area contributed by atoms with Crippen LogP contribution in [-0.4, -0.2) is 40.3 Å². The van der Waals surface area contributed by atoms with E-state index in [0.29, 0.717) is 6.54 Å². The number of hydrogen-bond acceptors (Lipinski definition) is 5. The molecule has 0 saturated carbocycles. The van der Waals surface area contributed by atoms with Crippen molar-refractivity contribution < 1.29 is 4.74 Å². The number of hydrogen-bond donors (Lipinski definition) is 2. The lowest BCUT2D eigenvalue weighted by molar-refractivity contribution is 0.0445.